The molecular weight excluding hydrogens is 584 g/mol. The molecule has 44 heavy (non-hydrogen) atoms. The number of carboxylic acids is 1. The average molecular weight is 623 g/mol. The number of para-hydroxylation sites is 2. The molecule has 0 fully saturated rings. The monoisotopic (exact) mass is 622 g/mol. The largest absolute Gasteiger partial charge is 0.480 e. The highest BCUT2D eigenvalue weighted by atomic mass is 32.2. The zero-order valence-corrected chi connectivity index (χ0v) is 25.3. The Labute approximate surface area is 258 Å². The molecular formula is C31H38N6O6S. The molecule has 0 aliphatic carbocycles. The van der Waals surface area contributed by atoms with Crippen LogP contribution in [0.3, 0.4) is 0 Å². The molecule has 4 aromatic rings. The van der Waals surface area contributed by atoms with Gasteiger partial charge in [-0.05, 0) is 55.0 Å². The van der Waals surface area contributed by atoms with Gasteiger partial charge in [-0.15, -0.1) is 0 Å². The SMILES string of the molecule is CSCCC(NC(=O)C(Cc1c[nH]c2ccccc12)NC(=O)C(NC(=O)C(N)Cc1c[nH]c2ccccc12)C(C)O)C(=O)O. The van der Waals surface area contributed by atoms with Crippen LogP contribution in [0.1, 0.15) is 24.5 Å². The van der Waals surface area contributed by atoms with Crippen LogP contribution in [0.5, 0.6) is 0 Å². The van der Waals surface area contributed by atoms with Crippen LogP contribution in [0.4, 0.5) is 0 Å². The number of aliphatic carboxylic acids is 1. The topological polar surface area (TPSA) is 202 Å². The molecule has 2 heterocycles. The van der Waals surface area contributed by atoms with Crippen LogP contribution in [0.2, 0.25) is 0 Å². The van der Waals surface area contributed by atoms with E-state index in [-0.39, 0.29) is 19.3 Å². The van der Waals surface area contributed by atoms with Gasteiger partial charge in [0, 0.05) is 40.6 Å². The van der Waals surface area contributed by atoms with Crippen molar-refractivity contribution in [3.05, 3.63) is 72.1 Å². The van der Waals surface area contributed by atoms with Crippen LogP contribution in [-0.2, 0) is 32.0 Å². The second kappa shape index (κ2) is 14.9. The molecule has 5 unspecified atom stereocenters. The predicted molar refractivity (Wildman–Crippen MR) is 170 cm³/mol. The number of amides is 3. The van der Waals surface area contributed by atoms with Gasteiger partial charge in [0.2, 0.25) is 17.7 Å². The molecule has 0 radical (unpaired) electrons. The molecule has 0 spiro atoms. The van der Waals surface area contributed by atoms with E-state index in [1.165, 1.54) is 18.7 Å². The van der Waals surface area contributed by atoms with Gasteiger partial charge in [0.05, 0.1) is 12.1 Å². The normalized spacial score (nSPS) is 14.8. The van der Waals surface area contributed by atoms with E-state index in [1.54, 1.807) is 12.4 Å². The number of carboxylic acid groups (broad SMARTS) is 1. The molecule has 5 atom stereocenters. The number of carbonyl (C=O) groups excluding carboxylic acids is 3. The number of thioether (sulfide) groups is 1. The molecule has 13 heteroatoms. The second-order valence-electron chi connectivity index (χ2n) is 10.7. The zero-order valence-electron chi connectivity index (χ0n) is 24.5. The van der Waals surface area contributed by atoms with Crippen LogP contribution in [0.15, 0.2) is 60.9 Å². The zero-order chi connectivity index (χ0) is 31.8. The van der Waals surface area contributed by atoms with Crippen LogP contribution >= 0.6 is 11.8 Å². The van der Waals surface area contributed by atoms with Crippen LogP contribution < -0.4 is 21.7 Å². The third kappa shape index (κ3) is 7.98. The van der Waals surface area contributed by atoms with E-state index in [2.05, 4.69) is 25.9 Å². The molecule has 0 aliphatic rings. The number of fused-ring (bicyclic) bond motifs is 2. The lowest BCUT2D eigenvalue weighted by molar-refractivity contribution is -0.142. The summed E-state index contributed by atoms with van der Waals surface area (Å²) < 4.78 is 0. The van der Waals surface area contributed by atoms with Gasteiger partial charge >= 0.3 is 5.97 Å². The molecule has 0 bridgehead atoms. The number of aromatic nitrogens is 2. The van der Waals surface area contributed by atoms with E-state index in [1.807, 2.05) is 54.8 Å². The number of nitrogens with one attached hydrogen (secondary N) is 5. The number of H-pyrrole nitrogens is 2. The molecule has 0 aliphatic heterocycles. The number of hydrogen-bond acceptors (Lipinski definition) is 7. The van der Waals surface area contributed by atoms with Gasteiger partial charge in [-0.25, -0.2) is 4.79 Å². The quantitative estimate of drug-likeness (QED) is 0.0972. The van der Waals surface area contributed by atoms with Gasteiger partial charge in [-0.2, -0.15) is 11.8 Å². The van der Waals surface area contributed by atoms with E-state index in [0.29, 0.717) is 5.75 Å². The summed E-state index contributed by atoms with van der Waals surface area (Å²) in [6.45, 7) is 1.34. The molecule has 2 aromatic heterocycles. The predicted octanol–water partition coefficient (Wildman–Crippen LogP) is 1.43. The highest BCUT2D eigenvalue weighted by molar-refractivity contribution is 7.98. The van der Waals surface area contributed by atoms with Gasteiger partial charge in [0.25, 0.3) is 0 Å². The van der Waals surface area contributed by atoms with Gasteiger partial charge < -0.3 is 41.9 Å². The Morgan fingerprint density at radius 2 is 1.36 bits per heavy atom. The lowest BCUT2D eigenvalue weighted by atomic mass is 10.0. The van der Waals surface area contributed by atoms with Crippen molar-refractivity contribution in [1.82, 2.24) is 25.9 Å². The van der Waals surface area contributed by atoms with Gasteiger partial charge in [0.15, 0.2) is 0 Å². The van der Waals surface area contributed by atoms with Crippen LogP contribution in [0, 0.1) is 0 Å². The third-order valence-electron chi connectivity index (χ3n) is 7.47. The molecule has 12 nitrogen and oxygen atoms in total. The number of aromatic amines is 2. The van der Waals surface area contributed by atoms with Crippen molar-refractivity contribution < 1.29 is 29.4 Å². The maximum absolute atomic E-state index is 13.5. The number of aliphatic hydroxyl groups is 1. The fourth-order valence-electron chi connectivity index (χ4n) is 5.05. The van der Waals surface area contributed by atoms with E-state index >= 15 is 0 Å². The summed E-state index contributed by atoms with van der Waals surface area (Å²) in [5, 5.41) is 29.6. The van der Waals surface area contributed by atoms with Crippen molar-refractivity contribution in [2.75, 3.05) is 12.0 Å². The fourth-order valence-corrected chi connectivity index (χ4v) is 5.52. The molecule has 3 amide bonds. The maximum Gasteiger partial charge on any atom is 0.326 e. The Morgan fingerprint density at radius 1 is 0.818 bits per heavy atom. The number of rotatable bonds is 15. The molecule has 4 rings (SSSR count). The minimum atomic E-state index is -1.43. The number of nitrogens with two attached hydrogens (primary N) is 1. The van der Waals surface area contributed by atoms with Gasteiger partial charge in [0.1, 0.15) is 18.1 Å². The third-order valence-corrected chi connectivity index (χ3v) is 8.12. The van der Waals surface area contributed by atoms with Gasteiger partial charge in [-0.1, -0.05) is 36.4 Å². The first-order valence-corrected chi connectivity index (χ1v) is 15.6. The summed E-state index contributed by atoms with van der Waals surface area (Å²) in [5.74, 6) is -2.86. The van der Waals surface area contributed by atoms with Crippen molar-refractivity contribution in [3.8, 4) is 0 Å². The summed E-state index contributed by atoms with van der Waals surface area (Å²) in [4.78, 5) is 58.1. The molecule has 9 N–H and O–H groups in total. The minimum Gasteiger partial charge on any atom is -0.480 e. The van der Waals surface area contributed by atoms with Crippen LogP contribution in [0.25, 0.3) is 21.8 Å². The smallest absolute Gasteiger partial charge is 0.326 e. The Bertz CT molecular complexity index is 1620. The van der Waals surface area contributed by atoms with Crippen molar-refractivity contribution in [2.24, 2.45) is 5.73 Å². The summed E-state index contributed by atoms with van der Waals surface area (Å²) in [6.07, 6.45) is 4.39. The lowest BCUT2D eigenvalue weighted by Crippen LogP contribution is -2.60. The second-order valence-corrected chi connectivity index (χ2v) is 11.7. The summed E-state index contributed by atoms with van der Waals surface area (Å²) >= 11 is 1.45. The Hall–Kier alpha value is -4.33. The first-order valence-electron chi connectivity index (χ1n) is 14.3. The number of hydrogen-bond donors (Lipinski definition) is 8. The maximum atomic E-state index is 13.5. The Morgan fingerprint density at radius 3 is 1.91 bits per heavy atom. The molecule has 0 saturated heterocycles. The van der Waals surface area contributed by atoms with Crippen molar-refractivity contribution >= 4 is 57.3 Å². The minimum absolute atomic E-state index is 0.0248. The van der Waals surface area contributed by atoms with E-state index in [0.717, 1.165) is 32.9 Å². The summed E-state index contributed by atoms with van der Waals surface area (Å²) in [7, 11) is 0. The fraction of sp³-hybridized carbons (Fsp3) is 0.355. The first kappa shape index (κ1) is 32.6. The Kier molecular flexibility index (Phi) is 11.0. The summed E-state index contributed by atoms with van der Waals surface area (Å²) in [6, 6.07) is 10.2. The number of aliphatic hydroxyl groups excluding tert-OH is 1. The van der Waals surface area contributed by atoms with Crippen molar-refractivity contribution in [3.63, 3.8) is 0 Å². The molecule has 234 valence electrons. The Balaban J connectivity index is 1.50. The first-order chi connectivity index (χ1) is 21.1. The summed E-state index contributed by atoms with van der Waals surface area (Å²) in [5.41, 5.74) is 9.47. The van der Waals surface area contributed by atoms with Gasteiger partial charge in [-0.3, -0.25) is 14.4 Å². The number of carbonyl (C=O) groups is 4. The van der Waals surface area contributed by atoms with Crippen molar-refractivity contribution in [1.29, 1.82) is 0 Å². The van der Waals surface area contributed by atoms with Crippen molar-refractivity contribution in [2.45, 2.75) is 56.5 Å². The highest BCUT2D eigenvalue weighted by Gasteiger charge is 2.33. The van der Waals surface area contributed by atoms with E-state index in [9.17, 15) is 29.4 Å². The average Bonchev–Trinajstić information content (AvgIpc) is 3.61. The number of benzene rings is 2. The lowest BCUT2D eigenvalue weighted by Gasteiger charge is -2.26. The van der Waals surface area contributed by atoms with Crippen LogP contribution in [-0.4, -0.2) is 86.2 Å². The molecule has 0 saturated carbocycles. The van der Waals surface area contributed by atoms with E-state index in [4.69, 9.17) is 5.73 Å². The standard InChI is InChI=1S/C31H38N6O6S/c1-17(38)27(37-28(39)22(32)13-18-15-33-23-9-5-3-7-20(18)23)30(41)36-26(29(40)35-25(31(42)43)11-12-44-2)14-19-16-34-24-10-6-4-8-21(19)24/h3-10,15-17,22,25-27,33-34,38H,11-14,32H2,1-2H3,(H,35,40)(H,36,41)(H,37,39)(H,42,43). The highest BCUT2D eigenvalue weighted by Crippen LogP contribution is 2.20. The van der Waals surface area contributed by atoms with E-state index < -0.39 is 54.0 Å². The molecule has 2 aromatic carbocycles.